The summed E-state index contributed by atoms with van der Waals surface area (Å²) in [5.41, 5.74) is 1.31. The molecule has 1 aromatic carbocycles. The summed E-state index contributed by atoms with van der Waals surface area (Å²) in [4.78, 5) is 31.0. The fourth-order valence-corrected chi connectivity index (χ4v) is 3.51. The molecule has 0 bridgehead atoms. The fourth-order valence-electron chi connectivity index (χ4n) is 3.51. The Bertz CT molecular complexity index is 808. The van der Waals surface area contributed by atoms with Crippen LogP contribution in [0.5, 0.6) is 0 Å². The molecule has 2 aromatic rings. The van der Waals surface area contributed by atoms with E-state index in [2.05, 4.69) is 15.6 Å². The van der Waals surface area contributed by atoms with Crippen molar-refractivity contribution in [1.82, 2.24) is 19.8 Å². The molecule has 1 aliphatic heterocycles. The minimum atomic E-state index is -0.505. The van der Waals surface area contributed by atoms with E-state index in [4.69, 9.17) is 4.74 Å². The topological polar surface area (TPSA) is 88.5 Å². The number of hydrogen-bond donors (Lipinski definition) is 2. The Balaban J connectivity index is 1.63. The van der Waals surface area contributed by atoms with Crippen molar-refractivity contribution in [2.75, 3.05) is 32.1 Å². The SMILES string of the molecule is COCCC1(NC(=O)Nc2cccc(C)c2)CCN(C(=O)Cn2ccnc2)C1. The third-order valence-electron chi connectivity index (χ3n) is 5.02. The standard InChI is InChI=1S/C20H27N5O3/c1-16-4-3-5-17(12-16)22-19(27)23-20(7-11-28-2)6-9-25(14-20)18(26)13-24-10-8-21-15-24/h3-5,8,10,12,15H,6-7,9,11,13-14H2,1-2H3,(H2,22,23,27). The van der Waals surface area contributed by atoms with Gasteiger partial charge in [0.1, 0.15) is 6.54 Å². The Labute approximate surface area is 164 Å². The second-order valence-electron chi connectivity index (χ2n) is 7.27. The summed E-state index contributed by atoms with van der Waals surface area (Å²) in [6.07, 6.45) is 6.36. The predicted molar refractivity (Wildman–Crippen MR) is 106 cm³/mol. The molecule has 8 heteroatoms. The van der Waals surface area contributed by atoms with Gasteiger partial charge in [0.25, 0.3) is 0 Å². The van der Waals surface area contributed by atoms with Crippen molar-refractivity contribution in [2.45, 2.75) is 31.8 Å². The number of anilines is 1. The molecule has 1 atom stereocenters. The number of amides is 3. The number of nitrogens with zero attached hydrogens (tertiary/aromatic N) is 3. The quantitative estimate of drug-likeness (QED) is 0.763. The number of carbonyl (C=O) groups is 2. The molecule has 1 saturated heterocycles. The highest BCUT2D eigenvalue weighted by atomic mass is 16.5. The largest absolute Gasteiger partial charge is 0.385 e. The van der Waals surface area contributed by atoms with Crippen LogP contribution in [-0.2, 0) is 16.1 Å². The molecule has 0 spiro atoms. The highest BCUT2D eigenvalue weighted by Gasteiger charge is 2.40. The molecule has 8 nitrogen and oxygen atoms in total. The summed E-state index contributed by atoms with van der Waals surface area (Å²) in [6, 6.07) is 7.37. The van der Waals surface area contributed by atoms with Crippen molar-refractivity contribution in [1.29, 1.82) is 0 Å². The first-order chi connectivity index (χ1) is 13.5. The number of methoxy groups -OCH3 is 1. The van der Waals surface area contributed by atoms with Crippen LogP contribution in [0.25, 0.3) is 0 Å². The number of likely N-dealkylation sites (tertiary alicyclic amines) is 1. The van der Waals surface area contributed by atoms with Crippen molar-refractivity contribution in [3.05, 3.63) is 48.5 Å². The number of ether oxygens (including phenoxy) is 1. The second-order valence-corrected chi connectivity index (χ2v) is 7.27. The van der Waals surface area contributed by atoms with Crippen LogP contribution < -0.4 is 10.6 Å². The van der Waals surface area contributed by atoms with E-state index < -0.39 is 5.54 Å². The lowest BCUT2D eigenvalue weighted by atomic mass is 9.94. The van der Waals surface area contributed by atoms with E-state index >= 15 is 0 Å². The Kier molecular flexibility index (Phi) is 6.30. The van der Waals surface area contributed by atoms with Crippen LogP contribution in [0.1, 0.15) is 18.4 Å². The molecule has 1 fully saturated rings. The lowest BCUT2D eigenvalue weighted by Gasteiger charge is -2.30. The van der Waals surface area contributed by atoms with E-state index in [0.29, 0.717) is 32.5 Å². The number of hydrogen-bond acceptors (Lipinski definition) is 4. The first-order valence-electron chi connectivity index (χ1n) is 9.38. The number of rotatable bonds is 7. The summed E-state index contributed by atoms with van der Waals surface area (Å²) in [6.45, 7) is 3.79. The van der Waals surface area contributed by atoms with Gasteiger partial charge < -0.3 is 24.8 Å². The molecule has 150 valence electrons. The van der Waals surface area contributed by atoms with Crippen molar-refractivity contribution in [3.8, 4) is 0 Å². The molecule has 1 aromatic heterocycles. The number of imidazole rings is 1. The van der Waals surface area contributed by atoms with Gasteiger partial charge in [-0.25, -0.2) is 9.78 Å². The number of urea groups is 1. The van der Waals surface area contributed by atoms with Gasteiger partial charge in [0.2, 0.25) is 5.91 Å². The van der Waals surface area contributed by atoms with Gasteiger partial charge in [0.05, 0.1) is 11.9 Å². The zero-order chi connectivity index (χ0) is 20.0. The van der Waals surface area contributed by atoms with E-state index in [9.17, 15) is 9.59 Å². The van der Waals surface area contributed by atoms with Crippen molar-refractivity contribution < 1.29 is 14.3 Å². The van der Waals surface area contributed by atoms with Crippen LogP contribution in [0.2, 0.25) is 0 Å². The fraction of sp³-hybridized carbons (Fsp3) is 0.450. The Hall–Kier alpha value is -2.87. The van der Waals surface area contributed by atoms with Gasteiger partial charge in [-0.3, -0.25) is 4.79 Å². The normalized spacial score (nSPS) is 18.9. The first-order valence-corrected chi connectivity index (χ1v) is 9.38. The lowest BCUT2D eigenvalue weighted by Crippen LogP contribution is -2.53. The lowest BCUT2D eigenvalue weighted by molar-refractivity contribution is -0.131. The minimum absolute atomic E-state index is 0.0122. The molecule has 2 heterocycles. The van der Waals surface area contributed by atoms with Gasteiger partial charge >= 0.3 is 6.03 Å². The van der Waals surface area contributed by atoms with Crippen LogP contribution in [0.4, 0.5) is 10.5 Å². The summed E-state index contributed by atoms with van der Waals surface area (Å²) in [5, 5.41) is 5.98. The average molecular weight is 385 g/mol. The van der Waals surface area contributed by atoms with E-state index in [-0.39, 0.29) is 18.5 Å². The van der Waals surface area contributed by atoms with Crippen LogP contribution >= 0.6 is 0 Å². The van der Waals surface area contributed by atoms with Crippen molar-refractivity contribution in [3.63, 3.8) is 0 Å². The van der Waals surface area contributed by atoms with Crippen LogP contribution in [0, 0.1) is 6.92 Å². The molecule has 2 N–H and O–H groups in total. The minimum Gasteiger partial charge on any atom is -0.385 e. The van der Waals surface area contributed by atoms with E-state index in [1.165, 1.54) is 0 Å². The number of carbonyl (C=O) groups excluding carboxylic acids is 2. The van der Waals surface area contributed by atoms with E-state index in [1.54, 1.807) is 35.3 Å². The van der Waals surface area contributed by atoms with Gasteiger partial charge in [0.15, 0.2) is 0 Å². The molecule has 0 radical (unpaired) electrons. The third kappa shape index (κ3) is 5.10. The molecule has 1 unspecified atom stereocenters. The molecular weight excluding hydrogens is 358 g/mol. The zero-order valence-electron chi connectivity index (χ0n) is 16.4. The van der Waals surface area contributed by atoms with Crippen molar-refractivity contribution in [2.24, 2.45) is 0 Å². The summed E-state index contributed by atoms with van der Waals surface area (Å²) in [5.74, 6) is 0.0122. The number of aryl methyl sites for hydroxylation is 1. The molecule has 3 rings (SSSR count). The van der Waals surface area contributed by atoms with Crippen LogP contribution in [0.15, 0.2) is 43.0 Å². The summed E-state index contributed by atoms with van der Waals surface area (Å²) in [7, 11) is 1.64. The molecule has 0 aliphatic carbocycles. The highest BCUT2D eigenvalue weighted by molar-refractivity contribution is 5.90. The maximum atomic E-state index is 12.6. The average Bonchev–Trinajstić information content (AvgIpc) is 3.30. The van der Waals surface area contributed by atoms with E-state index in [1.807, 2.05) is 31.2 Å². The van der Waals surface area contributed by atoms with Gasteiger partial charge in [0, 0.05) is 44.9 Å². The molecule has 0 saturated carbocycles. The number of benzene rings is 1. The van der Waals surface area contributed by atoms with Crippen molar-refractivity contribution >= 4 is 17.6 Å². The van der Waals surface area contributed by atoms with Crippen LogP contribution in [-0.4, -0.2) is 58.7 Å². The smallest absolute Gasteiger partial charge is 0.319 e. The molecular formula is C20H27N5O3. The van der Waals surface area contributed by atoms with Gasteiger partial charge in [-0.2, -0.15) is 0 Å². The van der Waals surface area contributed by atoms with E-state index in [0.717, 1.165) is 11.3 Å². The van der Waals surface area contributed by atoms with Crippen LogP contribution in [0.3, 0.4) is 0 Å². The van der Waals surface area contributed by atoms with Gasteiger partial charge in [-0.1, -0.05) is 12.1 Å². The maximum Gasteiger partial charge on any atom is 0.319 e. The summed E-state index contributed by atoms with van der Waals surface area (Å²) < 4.78 is 6.98. The van der Waals surface area contributed by atoms with Gasteiger partial charge in [-0.05, 0) is 37.5 Å². The Morgan fingerprint density at radius 1 is 1.36 bits per heavy atom. The Morgan fingerprint density at radius 2 is 2.21 bits per heavy atom. The maximum absolute atomic E-state index is 12.6. The number of aromatic nitrogens is 2. The predicted octanol–water partition coefficient (Wildman–Crippen LogP) is 2.02. The Morgan fingerprint density at radius 3 is 2.93 bits per heavy atom. The monoisotopic (exact) mass is 385 g/mol. The highest BCUT2D eigenvalue weighted by Crippen LogP contribution is 2.26. The second kappa shape index (κ2) is 8.88. The number of nitrogens with one attached hydrogen (secondary N) is 2. The third-order valence-corrected chi connectivity index (χ3v) is 5.02. The molecule has 1 aliphatic rings. The van der Waals surface area contributed by atoms with Gasteiger partial charge in [-0.15, -0.1) is 0 Å². The first kappa shape index (κ1) is 19.9. The molecule has 3 amide bonds. The summed E-state index contributed by atoms with van der Waals surface area (Å²) >= 11 is 0. The zero-order valence-corrected chi connectivity index (χ0v) is 16.4. The molecule has 28 heavy (non-hydrogen) atoms.